The summed E-state index contributed by atoms with van der Waals surface area (Å²) in [4.78, 5) is 0. The van der Waals surface area contributed by atoms with Crippen molar-refractivity contribution < 1.29 is 9.05 Å². The average molecular weight is 286 g/mol. The molecule has 0 N–H and O–H groups in total. The highest BCUT2D eigenvalue weighted by Gasteiger charge is 2.50. The second-order valence-electron chi connectivity index (χ2n) is 4.96. The fourth-order valence-corrected chi connectivity index (χ4v) is 4.26. The third kappa shape index (κ3) is 2.18. The minimum atomic E-state index is -0.817. The van der Waals surface area contributed by atoms with Crippen LogP contribution < -0.4 is 0 Å². The third-order valence-electron chi connectivity index (χ3n) is 3.76. The molecule has 2 aromatic carbocycles. The highest BCUT2D eigenvalue weighted by molar-refractivity contribution is 7.47. The fraction of sp³-hybridized carbons (Fsp3) is 0.294. The van der Waals surface area contributed by atoms with E-state index in [1.165, 1.54) is 0 Å². The summed E-state index contributed by atoms with van der Waals surface area (Å²) in [5.74, 6) is 0. The van der Waals surface area contributed by atoms with Crippen molar-refractivity contribution >= 4 is 8.38 Å². The second-order valence-corrected chi connectivity index (χ2v) is 6.65. The normalized spacial score (nSPS) is 24.7. The van der Waals surface area contributed by atoms with Crippen LogP contribution in [0.5, 0.6) is 0 Å². The summed E-state index contributed by atoms with van der Waals surface area (Å²) < 4.78 is 12.5. The molecule has 20 heavy (non-hydrogen) atoms. The molecule has 1 aliphatic heterocycles. The van der Waals surface area contributed by atoms with Crippen LogP contribution in [0.1, 0.15) is 25.0 Å². The Labute approximate surface area is 121 Å². The Kier molecular flexibility index (Phi) is 3.89. The molecule has 0 radical (unpaired) electrons. The van der Waals surface area contributed by atoms with Gasteiger partial charge in [0.15, 0.2) is 14.0 Å². The lowest BCUT2D eigenvalue weighted by Gasteiger charge is -2.31. The van der Waals surface area contributed by atoms with Gasteiger partial charge < -0.3 is 9.05 Å². The molecule has 0 aliphatic carbocycles. The van der Waals surface area contributed by atoms with E-state index in [4.69, 9.17) is 9.05 Å². The molecule has 2 atom stereocenters. The van der Waals surface area contributed by atoms with E-state index in [9.17, 15) is 0 Å². The largest absolute Gasteiger partial charge is 0.327 e. The fourth-order valence-electron chi connectivity index (χ4n) is 2.76. The van der Waals surface area contributed by atoms with E-state index >= 15 is 0 Å². The van der Waals surface area contributed by atoms with Gasteiger partial charge in [0.25, 0.3) is 0 Å². The Bertz CT molecular complexity index is 516. The van der Waals surface area contributed by atoms with Gasteiger partial charge >= 0.3 is 0 Å². The highest BCUT2D eigenvalue weighted by atomic mass is 31.2. The van der Waals surface area contributed by atoms with Gasteiger partial charge in [-0.3, -0.25) is 0 Å². The molecule has 0 spiro atoms. The van der Waals surface area contributed by atoms with Crippen LogP contribution in [0.2, 0.25) is 0 Å². The minimum Gasteiger partial charge on any atom is -0.327 e. The standard InChI is InChI=1S/C17H19O2P/c1-3-20-18-14(2)17(19-20,15-10-6-4-7-11-15)16-12-8-5-9-13-16/h4-14H,3H2,1-2H3. The highest BCUT2D eigenvalue weighted by Crippen LogP contribution is 2.59. The van der Waals surface area contributed by atoms with E-state index in [1.54, 1.807) is 0 Å². The third-order valence-corrected chi connectivity index (χ3v) is 5.32. The zero-order valence-electron chi connectivity index (χ0n) is 11.8. The maximum Gasteiger partial charge on any atom is 0.171 e. The van der Waals surface area contributed by atoms with E-state index < -0.39 is 14.0 Å². The van der Waals surface area contributed by atoms with E-state index in [0.29, 0.717) is 0 Å². The summed E-state index contributed by atoms with van der Waals surface area (Å²) in [5.41, 5.74) is 1.85. The predicted molar refractivity (Wildman–Crippen MR) is 82.8 cm³/mol. The predicted octanol–water partition coefficient (Wildman–Crippen LogP) is 4.70. The molecule has 1 aliphatic rings. The second kappa shape index (κ2) is 5.65. The SMILES string of the molecule is CCP1OC(C)C(c2ccccc2)(c2ccccc2)O1. The van der Waals surface area contributed by atoms with E-state index in [0.717, 1.165) is 17.3 Å². The molecular weight excluding hydrogens is 267 g/mol. The van der Waals surface area contributed by atoms with Crippen molar-refractivity contribution in [3.05, 3.63) is 71.8 Å². The molecule has 0 amide bonds. The van der Waals surface area contributed by atoms with Crippen molar-refractivity contribution in [3.63, 3.8) is 0 Å². The Morgan fingerprint density at radius 3 is 1.85 bits per heavy atom. The first kappa shape index (κ1) is 13.8. The molecule has 104 valence electrons. The van der Waals surface area contributed by atoms with Gasteiger partial charge in [-0.05, 0) is 18.1 Å². The number of hydrogen-bond acceptors (Lipinski definition) is 2. The van der Waals surface area contributed by atoms with Crippen LogP contribution in [0.4, 0.5) is 0 Å². The average Bonchev–Trinajstić information content (AvgIpc) is 2.87. The van der Waals surface area contributed by atoms with Gasteiger partial charge in [0.1, 0.15) is 0 Å². The van der Waals surface area contributed by atoms with Gasteiger partial charge in [-0.15, -0.1) is 0 Å². The molecular formula is C17H19O2P. The summed E-state index contributed by atoms with van der Waals surface area (Å²) in [6, 6.07) is 20.8. The number of benzene rings is 2. The topological polar surface area (TPSA) is 18.5 Å². The molecule has 1 fully saturated rings. The van der Waals surface area contributed by atoms with Crippen molar-refractivity contribution in [3.8, 4) is 0 Å². The maximum atomic E-state index is 6.43. The molecule has 3 heteroatoms. The quantitative estimate of drug-likeness (QED) is 0.762. The van der Waals surface area contributed by atoms with Gasteiger partial charge in [-0.25, -0.2) is 0 Å². The lowest BCUT2D eigenvalue weighted by Crippen LogP contribution is -2.36. The molecule has 1 heterocycles. The van der Waals surface area contributed by atoms with E-state index in [2.05, 4.69) is 62.4 Å². The Hall–Kier alpha value is -1.21. The van der Waals surface area contributed by atoms with Crippen LogP contribution >= 0.6 is 8.38 Å². The first-order valence-corrected chi connectivity index (χ1v) is 8.38. The van der Waals surface area contributed by atoms with Crippen LogP contribution in [0, 0.1) is 0 Å². The van der Waals surface area contributed by atoms with Crippen molar-refractivity contribution in [2.45, 2.75) is 25.6 Å². The minimum absolute atomic E-state index is 0.0124. The van der Waals surface area contributed by atoms with Crippen molar-refractivity contribution in [1.29, 1.82) is 0 Å². The van der Waals surface area contributed by atoms with Gasteiger partial charge in [0, 0.05) is 6.16 Å². The van der Waals surface area contributed by atoms with Gasteiger partial charge in [-0.2, -0.15) is 0 Å². The zero-order valence-corrected chi connectivity index (χ0v) is 12.7. The number of rotatable bonds is 3. The molecule has 0 aromatic heterocycles. The lowest BCUT2D eigenvalue weighted by atomic mass is 9.82. The molecule has 1 saturated heterocycles. The molecule has 3 rings (SSSR count). The summed E-state index contributed by atoms with van der Waals surface area (Å²) in [5, 5.41) is 0. The van der Waals surface area contributed by atoms with Crippen LogP contribution in [-0.4, -0.2) is 12.3 Å². The summed E-state index contributed by atoms with van der Waals surface area (Å²) in [6.45, 7) is 4.22. The monoisotopic (exact) mass is 286 g/mol. The molecule has 2 aromatic rings. The summed E-state index contributed by atoms with van der Waals surface area (Å²) >= 11 is 0. The smallest absolute Gasteiger partial charge is 0.171 e. The van der Waals surface area contributed by atoms with Crippen LogP contribution in [0.15, 0.2) is 60.7 Å². The Morgan fingerprint density at radius 2 is 1.45 bits per heavy atom. The van der Waals surface area contributed by atoms with Crippen LogP contribution in [0.3, 0.4) is 0 Å². The molecule has 2 nitrogen and oxygen atoms in total. The van der Waals surface area contributed by atoms with Gasteiger partial charge in [0.2, 0.25) is 0 Å². The van der Waals surface area contributed by atoms with Gasteiger partial charge in [-0.1, -0.05) is 67.6 Å². The Balaban J connectivity index is 2.14. The Morgan fingerprint density at radius 1 is 0.950 bits per heavy atom. The number of hydrogen-bond donors (Lipinski definition) is 0. The van der Waals surface area contributed by atoms with Crippen molar-refractivity contribution in [2.24, 2.45) is 0 Å². The first-order chi connectivity index (χ1) is 9.77. The zero-order chi connectivity index (χ0) is 14.0. The lowest BCUT2D eigenvalue weighted by molar-refractivity contribution is 0.0858. The van der Waals surface area contributed by atoms with Crippen molar-refractivity contribution in [2.75, 3.05) is 6.16 Å². The van der Waals surface area contributed by atoms with Crippen molar-refractivity contribution in [1.82, 2.24) is 0 Å². The maximum absolute atomic E-state index is 6.43. The molecule has 0 bridgehead atoms. The van der Waals surface area contributed by atoms with Crippen LogP contribution in [-0.2, 0) is 14.6 Å². The van der Waals surface area contributed by atoms with E-state index in [1.807, 2.05) is 12.1 Å². The molecule has 0 saturated carbocycles. The summed E-state index contributed by atoms with van der Waals surface area (Å²) in [7, 11) is -0.817. The van der Waals surface area contributed by atoms with Gasteiger partial charge in [0.05, 0.1) is 6.10 Å². The van der Waals surface area contributed by atoms with Crippen LogP contribution in [0.25, 0.3) is 0 Å². The van der Waals surface area contributed by atoms with E-state index in [-0.39, 0.29) is 6.10 Å². The first-order valence-electron chi connectivity index (χ1n) is 7.02. The summed E-state index contributed by atoms with van der Waals surface area (Å²) in [6.07, 6.45) is 0.930. The molecule has 2 unspecified atom stereocenters.